The molecule has 0 N–H and O–H groups in total. The van der Waals surface area contributed by atoms with Gasteiger partial charge in [0.15, 0.2) is 0 Å². The van der Waals surface area contributed by atoms with E-state index in [9.17, 15) is 0 Å². The molecule has 0 aromatic carbocycles. The Bertz CT molecular complexity index is 356. The van der Waals surface area contributed by atoms with E-state index in [2.05, 4.69) is 45.1 Å². The van der Waals surface area contributed by atoms with Gasteiger partial charge >= 0.3 is 0 Å². The fraction of sp³-hybridized carbons (Fsp3) is 0.947. The molecule has 2 radical (unpaired) electrons. The highest BCUT2D eigenvalue weighted by molar-refractivity contribution is 4.82. The van der Waals surface area contributed by atoms with Crippen LogP contribution in [0.4, 0.5) is 0 Å². The number of rotatable bonds is 8. The van der Waals surface area contributed by atoms with Gasteiger partial charge in [0.25, 0.3) is 0 Å². The van der Waals surface area contributed by atoms with Crippen LogP contribution in [0.3, 0.4) is 0 Å². The van der Waals surface area contributed by atoms with E-state index in [1.54, 1.807) is 0 Å². The van der Waals surface area contributed by atoms with Crippen molar-refractivity contribution in [1.29, 1.82) is 0 Å². The topological polar surface area (TPSA) is 16.2 Å². The van der Waals surface area contributed by atoms with Gasteiger partial charge in [-0.1, -0.05) is 0 Å². The number of likely N-dealkylation sites (N-methyl/N-ethyl adjacent to an activating group) is 1. The molecule has 5 heteroatoms. The maximum absolute atomic E-state index is 3.59. The lowest BCUT2D eigenvalue weighted by molar-refractivity contribution is 0.149. The Balaban J connectivity index is 1.22. The van der Waals surface area contributed by atoms with Crippen LogP contribution in [0.1, 0.15) is 32.6 Å². The summed E-state index contributed by atoms with van der Waals surface area (Å²) in [6.07, 6.45) is 5.34. The zero-order valence-electron chi connectivity index (χ0n) is 15.9. The van der Waals surface area contributed by atoms with Gasteiger partial charge in [-0.25, -0.2) is 0 Å². The van der Waals surface area contributed by atoms with E-state index >= 15 is 0 Å². The maximum Gasteiger partial charge on any atom is 0.146 e. The van der Waals surface area contributed by atoms with Crippen molar-refractivity contribution < 1.29 is 0 Å². The monoisotopic (exact) mass is 335 g/mol. The van der Waals surface area contributed by atoms with Crippen LogP contribution < -0.4 is 0 Å². The Morgan fingerprint density at radius 2 is 1.46 bits per heavy atom. The van der Waals surface area contributed by atoms with Crippen molar-refractivity contribution in [2.24, 2.45) is 0 Å². The van der Waals surface area contributed by atoms with Crippen LogP contribution in [0, 0.1) is 6.67 Å². The molecule has 0 aromatic heterocycles. The van der Waals surface area contributed by atoms with Crippen molar-refractivity contribution in [2.75, 3.05) is 79.0 Å². The van der Waals surface area contributed by atoms with Gasteiger partial charge in [0, 0.05) is 58.4 Å². The molecule has 0 saturated carbocycles. The first-order valence-electron chi connectivity index (χ1n) is 10.1. The third kappa shape index (κ3) is 5.67. The van der Waals surface area contributed by atoms with E-state index in [1.165, 1.54) is 97.7 Å². The highest BCUT2D eigenvalue weighted by Gasteiger charge is 2.23. The minimum atomic E-state index is 0.808. The summed E-state index contributed by atoms with van der Waals surface area (Å²) in [6, 6.07) is 0.808. The normalized spacial score (nSPS) is 29.0. The van der Waals surface area contributed by atoms with Crippen molar-refractivity contribution in [3.8, 4) is 0 Å². The lowest BCUT2D eigenvalue weighted by Gasteiger charge is -2.32. The average Bonchev–Trinajstić information content (AvgIpc) is 3.19. The Labute approximate surface area is 149 Å². The Hall–Kier alpha value is -0.200. The summed E-state index contributed by atoms with van der Waals surface area (Å²) in [5, 5.41) is 0. The molecule has 3 saturated heterocycles. The number of hydrogen-bond donors (Lipinski definition) is 0. The van der Waals surface area contributed by atoms with E-state index in [1.807, 2.05) is 0 Å². The molecule has 1 unspecified atom stereocenters. The highest BCUT2D eigenvalue weighted by Crippen LogP contribution is 2.17. The standard InChI is InChI=1S/C19H37N5/c1-19-6-3-10-24(19)11-5-9-23-17-16-22(18-23)8-4-7-21-14-12-20(2)13-15-21/h19H,3-17H2,1-2H3. The van der Waals surface area contributed by atoms with Gasteiger partial charge in [0.2, 0.25) is 0 Å². The van der Waals surface area contributed by atoms with Crippen LogP contribution >= 0.6 is 0 Å². The van der Waals surface area contributed by atoms with Gasteiger partial charge in [-0.05, 0) is 59.3 Å². The van der Waals surface area contributed by atoms with Gasteiger partial charge in [-0.2, -0.15) is 0 Å². The summed E-state index contributed by atoms with van der Waals surface area (Å²) in [6.45, 7) is 19.4. The summed E-state index contributed by atoms with van der Waals surface area (Å²) in [5.41, 5.74) is 0. The van der Waals surface area contributed by atoms with Crippen molar-refractivity contribution in [3.05, 3.63) is 6.67 Å². The molecule has 0 aliphatic carbocycles. The molecular formula is C19H37N5. The highest BCUT2D eigenvalue weighted by atomic mass is 15.4. The molecule has 0 aromatic rings. The van der Waals surface area contributed by atoms with Crippen LogP contribution in [-0.4, -0.2) is 110 Å². The molecule has 3 aliphatic heterocycles. The Kier molecular flexibility index (Phi) is 7.35. The smallest absolute Gasteiger partial charge is 0.146 e. The van der Waals surface area contributed by atoms with Gasteiger partial charge in [0.05, 0.1) is 0 Å². The van der Waals surface area contributed by atoms with Crippen LogP contribution in [-0.2, 0) is 0 Å². The predicted octanol–water partition coefficient (Wildman–Crippen LogP) is 1.11. The minimum Gasteiger partial charge on any atom is -0.304 e. The molecule has 3 fully saturated rings. The molecule has 3 rings (SSSR count). The molecular weight excluding hydrogens is 298 g/mol. The first kappa shape index (κ1) is 18.6. The van der Waals surface area contributed by atoms with E-state index in [4.69, 9.17) is 0 Å². The zero-order valence-corrected chi connectivity index (χ0v) is 15.9. The molecule has 0 spiro atoms. The van der Waals surface area contributed by atoms with Gasteiger partial charge < -0.3 is 14.7 Å². The fourth-order valence-corrected chi connectivity index (χ4v) is 4.21. The summed E-state index contributed by atoms with van der Waals surface area (Å²) < 4.78 is 0. The summed E-state index contributed by atoms with van der Waals surface area (Å²) >= 11 is 0. The first-order valence-corrected chi connectivity index (χ1v) is 10.1. The minimum absolute atomic E-state index is 0.808. The van der Waals surface area contributed by atoms with E-state index < -0.39 is 0 Å². The Morgan fingerprint density at radius 1 is 0.792 bits per heavy atom. The van der Waals surface area contributed by atoms with Crippen molar-refractivity contribution in [2.45, 2.75) is 38.6 Å². The number of likely N-dealkylation sites (tertiary alicyclic amines) is 1. The molecule has 0 bridgehead atoms. The lowest BCUT2D eigenvalue weighted by atomic mass is 10.2. The molecule has 3 heterocycles. The number of piperazine rings is 1. The maximum atomic E-state index is 3.59. The lowest BCUT2D eigenvalue weighted by Crippen LogP contribution is -2.45. The van der Waals surface area contributed by atoms with Crippen molar-refractivity contribution in [1.82, 2.24) is 24.5 Å². The largest absolute Gasteiger partial charge is 0.304 e. The average molecular weight is 336 g/mol. The second kappa shape index (κ2) is 9.48. The van der Waals surface area contributed by atoms with Crippen LogP contribution in [0.15, 0.2) is 0 Å². The summed E-state index contributed by atoms with van der Waals surface area (Å²) in [7, 11) is 2.23. The second-order valence-corrected chi connectivity index (χ2v) is 7.95. The van der Waals surface area contributed by atoms with E-state index in [0.29, 0.717) is 0 Å². The third-order valence-electron chi connectivity index (χ3n) is 5.98. The third-order valence-corrected chi connectivity index (χ3v) is 5.98. The van der Waals surface area contributed by atoms with Crippen LogP contribution in [0.2, 0.25) is 0 Å². The molecule has 1 atom stereocenters. The molecule has 24 heavy (non-hydrogen) atoms. The molecule has 5 nitrogen and oxygen atoms in total. The molecule has 138 valence electrons. The quantitative estimate of drug-likeness (QED) is 0.659. The van der Waals surface area contributed by atoms with Crippen LogP contribution in [0.25, 0.3) is 0 Å². The predicted molar refractivity (Wildman–Crippen MR) is 99.8 cm³/mol. The number of hydrogen-bond acceptors (Lipinski definition) is 5. The van der Waals surface area contributed by atoms with Crippen LogP contribution in [0.5, 0.6) is 0 Å². The first-order chi connectivity index (χ1) is 11.7. The van der Waals surface area contributed by atoms with Gasteiger partial charge in [-0.3, -0.25) is 9.80 Å². The van der Waals surface area contributed by atoms with Crippen molar-refractivity contribution in [3.63, 3.8) is 0 Å². The zero-order chi connectivity index (χ0) is 16.8. The summed E-state index contributed by atoms with van der Waals surface area (Å²) in [5.74, 6) is 0. The number of nitrogens with zero attached hydrogens (tertiary/aromatic N) is 5. The van der Waals surface area contributed by atoms with E-state index in [0.717, 1.165) is 6.04 Å². The second-order valence-electron chi connectivity index (χ2n) is 7.95. The summed E-state index contributed by atoms with van der Waals surface area (Å²) in [4.78, 5) is 12.5. The molecule has 0 amide bonds. The van der Waals surface area contributed by atoms with E-state index in [-0.39, 0.29) is 0 Å². The van der Waals surface area contributed by atoms with Gasteiger partial charge in [-0.15, -0.1) is 0 Å². The van der Waals surface area contributed by atoms with Gasteiger partial charge in [0.1, 0.15) is 6.67 Å². The van der Waals surface area contributed by atoms with Crippen molar-refractivity contribution >= 4 is 0 Å². The molecule has 3 aliphatic rings. The fourth-order valence-electron chi connectivity index (χ4n) is 4.21. The Morgan fingerprint density at radius 3 is 2.08 bits per heavy atom. The SMILES string of the molecule is CC1CCCN1CCCN1[C]N(CCCN2CCN(C)CC2)CC1.